The zero-order chi connectivity index (χ0) is 21.9. The summed E-state index contributed by atoms with van der Waals surface area (Å²) in [7, 11) is 3.84. The average molecular weight is 427 g/mol. The van der Waals surface area contributed by atoms with Crippen molar-refractivity contribution in [2.45, 2.75) is 24.8 Å². The first kappa shape index (κ1) is 19.2. The topological polar surface area (TPSA) is 99.5 Å². The van der Waals surface area contributed by atoms with Crippen molar-refractivity contribution in [3.05, 3.63) is 55.2 Å². The quantitative estimate of drug-likeness (QED) is 0.491. The summed E-state index contributed by atoms with van der Waals surface area (Å²) in [5.74, 6) is 1.56. The first-order valence-electron chi connectivity index (χ1n) is 10.9. The van der Waals surface area contributed by atoms with Gasteiger partial charge in [-0.1, -0.05) is 18.2 Å². The van der Waals surface area contributed by atoms with Gasteiger partial charge in [-0.3, -0.25) is 9.36 Å². The van der Waals surface area contributed by atoms with Crippen LogP contribution in [0.15, 0.2) is 55.2 Å². The SMILES string of the molecule is Cn1cc(-c2cccc(-c3ncc(-c4cnn(C)c4)c(NC45CC(CN)(C4)C5)n3)c2)cn1. The molecular formula is C24H26N8. The third-order valence-electron chi connectivity index (χ3n) is 6.92. The molecule has 162 valence electrons. The van der Waals surface area contributed by atoms with Crippen molar-refractivity contribution >= 4 is 5.82 Å². The number of nitrogens with zero attached hydrogens (tertiary/aromatic N) is 6. The van der Waals surface area contributed by atoms with Crippen LogP contribution in [0.1, 0.15) is 19.3 Å². The van der Waals surface area contributed by atoms with E-state index in [9.17, 15) is 0 Å². The van der Waals surface area contributed by atoms with Gasteiger partial charge in [-0.15, -0.1) is 0 Å². The van der Waals surface area contributed by atoms with Crippen molar-refractivity contribution in [1.82, 2.24) is 29.5 Å². The molecule has 1 aromatic carbocycles. The Balaban J connectivity index is 1.38. The fourth-order valence-electron chi connectivity index (χ4n) is 5.39. The molecule has 3 aliphatic rings. The zero-order valence-corrected chi connectivity index (χ0v) is 18.3. The summed E-state index contributed by atoms with van der Waals surface area (Å²) in [6.45, 7) is 0.766. The van der Waals surface area contributed by atoms with Crippen LogP contribution in [0.3, 0.4) is 0 Å². The molecule has 3 fully saturated rings. The largest absolute Gasteiger partial charge is 0.364 e. The summed E-state index contributed by atoms with van der Waals surface area (Å²) < 4.78 is 3.61. The highest BCUT2D eigenvalue weighted by Gasteiger charge is 2.67. The summed E-state index contributed by atoms with van der Waals surface area (Å²) in [5, 5.41) is 12.4. The van der Waals surface area contributed by atoms with Crippen LogP contribution in [-0.4, -0.2) is 41.6 Å². The standard InChI is InChI=1S/C24H26N8/c1-31-10-18(7-27-31)16-4-3-5-17(6-16)21-26-9-20(19-8-28-32(2)11-19)22(29-21)30-24-12-23(13-24,14-24)15-25/h3-11H,12-15,25H2,1-2H3,(H,26,29,30). The van der Waals surface area contributed by atoms with Crippen molar-refractivity contribution < 1.29 is 0 Å². The van der Waals surface area contributed by atoms with Crippen LogP contribution in [0.25, 0.3) is 33.6 Å². The summed E-state index contributed by atoms with van der Waals surface area (Å²) in [4.78, 5) is 9.72. The lowest BCUT2D eigenvalue weighted by atomic mass is 9.39. The molecule has 0 saturated heterocycles. The lowest BCUT2D eigenvalue weighted by molar-refractivity contribution is -0.108. The molecule has 32 heavy (non-hydrogen) atoms. The average Bonchev–Trinajstić information content (AvgIpc) is 3.38. The Labute approximate surface area is 186 Å². The first-order valence-corrected chi connectivity index (χ1v) is 10.9. The molecule has 3 aromatic heterocycles. The zero-order valence-electron chi connectivity index (χ0n) is 18.3. The third kappa shape index (κ3) is 3.02. The van der Waals surface area contributed by atoms with E-state index in [1.54, 1.807) is 9.36 Å². The summed E-state index contributed by atoms with van der Waals surface area (Å²) in [5.41, 5.74) is 11.5. The molecule has 0 spiro atoms. The first-order chi connectivity index (χ1) is 15.5. The number of rotatable bonds is 6. The molecule has 3 N–H and O–H groups in total. The van der Waals surface area contributed by atoms with Crippen LogP contribution in [0.4, 0.5) is 5.82 Å². The van der Waals surface area contributed by atoms with Gasteiger partial charge in [0.2, 0.25) is 0 Å². The van der Waals surface area contributed by atoms with Gasteiger partial charge in [0.25, 0.3) is 0 Å². The second kappa shape index (κ2) is 6.74. The molecule has 3 saturated carbocycles. The maximum atomic E-state index is 5.98. The van der Waals surface area contributed by atoms with E-state index in [-0.39, 0.29) is 5.54 Å². The van der Waals surface area contributed by atoms with Crippen molar-refractivity contribution in [1.29, 1.82) is 0 Å². The van der Waals surface area contributed by atoms with Crippen molar-refractivity contribution in [3.8, 4) is 33.6 Å². The monoisotopic (exact) mass is 426 g/mol. The maximum Gasteiger partial charge on any atom is 0.161 e. The normalized spacial score (nSPS) is 23.5. The molecular weight excluding hydrogens is 400 g/mol. The predicted octanol–water partition coefficient (Wildman–Crippen LogP) is 3.24. The molecule has 7 rings (SSSR count). The Morgan fingerprint density at radius 2 is 1.62 bits per heavy atom. The van der Waals surface area contributed by atoms with Crippen LogP contribution in [0.2, 0.25) is 0 Å². The van der Waals surface area contributed by atoms with Crippen LogP contribution in [0.5, 0.6) is 0 Å². The predicted molar refractivity (Wildman–Crippen MR) is 124 cm³/mol. The van der Waals surface area contributed by atoms with E-state index < -0.39 is 0 Å². The molecule has 0 unspecified atom stereocenters. The number of aromatic nitrogens is 6. The van der Waals surface area contributed by atoms with Gasteiger partial charge >= 0.3 is 0 Å². The number of benzene rings is 1. The number of anilines is 1. The van der Waals surface area contributed by atoms with Crippen LogP contribution in [-0.2, 0) is 14.1 Å². The summed E-state index contributed by atoms with van der Waals surface area (Å²) >= 11 is 0. The minimum Gasteiger partial charge on any atom is -0.364 e. The van der Waals surface area contributed by atoms with E-state index in [1.807, 2.05) is 57.2 Å². The number of nitrogens with two attached hydrogens (primary N) is 1. The van der Waals surface area contributed by atoms with E-state index in [2.05, 4.69) is 27.6 Å². The van der Waals surface area contributed by atoms with Crippen molar-refractivity contribution in [3.63, 3.8) is 0 Å². The van der Waals surface area contributed by atoms with Gasteiger partial charge in [0.05, 0.1) is 12.4 Å². The van der Waals surface area contributed by atoms with E-state index >= 15 is 0 Å². The lowest BCUT2D eigenvalue weighted by Gasteiger charge is -2.70. The van der Waals surface area contributed by atoms with Crippen LogP contribution in [0, 0.1) is 5.41 Å². The molecule has 8 heteroatoms. The molecule has 0 atom stereocenters. The number of aryl methyl sites for hydroxylation is 2. The van der Waals surface area contributed by atoms with Gasteiger partial charge in [0.1, 0.15) is 5.82 Å². The molecule has 0 amide bonds. The van der Waals surface area contributed by atoms with Gasteiger partial charge in [-0.05, 0) is 42.9 Å². The van der Waals surface area contributed by atoms with E-state index in [0.29, 0.717) is 11.2 Å². The minimum atomic E-state index is 0.111. The van der Waals surface area contributed by atoms with Crippen LogP contribution >= 0.6 is 0 Å². The van der Waals surface area contributed by atoms with E-state index in [0.717, 1.165) is 59.4 Å². The van der Waals surface area contributed by atoms with Gasteiger partial charge in [-0.2, -0.15) is 10.2 Å². The van der Waals surface area contributed by atoms with E-state index in [1.165, 1.54) is 0 Å². The molecule has 0 aliphatic heterocycles. The third-order valence-corrected chi connectivity index (χ3v) is 6.92. The Kier molecular flexibility index (Phi) is 4.04. The molecule has 2 bridgehead atoms. The van der Waals surface area contributed by atoms with Gasteiger partial charge in [0, 0.05) is 60.5 Å². The van der Waals surface area contributed by atoms with E-state index in [4.69, 9.17) is 15.7 Å². The maximum absolute atomic E-state index is 5.98. The fourth-order valence-corrected chi connectivity index (χ4v) is 5.39. The highest BCUT2D eigenvalue weighted by atomic mass is 15.2. The van der Waals surface area contributed by atoms with Gasteiger partial charge < -0.3 is 11.1 Å². The van der Waals surface area contributed by atoms with Crippen molar-refractivity contribution in [2.24, 2.45) is 25.2 Å². The van der Waals surface area contributed by atoms with Gasteiger partial charge in [-0.25, -0.2) is 9.97 Å². The molecule has 3 heterocycles. The second-order valence-electron chi connectivity index (χ2n) is 9.48. The van der Waals surface area contributed by atoms with Crippen molar-refractivity contribution in [2.75, 3.05) is 11.9 Å². The Morgan fingerprint density at radius 3 is 2.28 bits per heavy atom. The second-order valence-corrected chi connectivity index (χ2v) is 9.48. The molecule has 3 aliphatic carbocycles. The van der Waals surface area contributed by atoms with Crippen LogP contribution < -0.4 is 11.1 Å². The Hall–Kier alpha value is -3.52. The molecule has 4 aromatic rings. The smallest absolute Gasteiger partial charge is 0.161 e. The fraction of sp³-hybridized carbons (Fsp3) is 0.333. The molecule has 8 nitrogen and oxygen atoms in total. The summed E-state index contributed by atoms with van der Waals surface area (Å²) in [6.07, 6.45) is 13.0. The lowest BCUT2D eigenvalue weighted by Crippen LogP contribution is -2.73. The Bertz CT molecular complexity index is 1300. The molecule has 0 radical (unpaired) electrons. The minimum absolute atomic E-state index is 0.111. The van der Waals surface area contributed by atoms with Gasteiger partial charge in [0.15, 0.2) is 5.82 Å². The number of nitrogens with one attached hydrogen (secondary N) is 1. The highest BCUT2D eigenvalue weighted by Crippen LogP contribution is 2.67. The number of hydrogen-bond acceptors (Lipinski definition) is 6. The highest BCUT2D eigenvalue weighted by molar-refractivity contribution is 5.77. The Morgan fingerprint density at radius 1 is 0.938 bits per heavy atom. The summed E-state index contributed by atoms with van der Waals surface area (Å²) in [6, 6.07) is 8.28. The number of hydrogen-bond donors (Lipinski definition) is 2.